The van der Waals surface area contributed by atoms with E-state index < -0.39 is 0 Å². The number of aromatic nitrogens is 4. The molecule has 2 aromatic heterocycles. The van der Waals surface area contributed by atoms with Crippen LogP contribution in [0.3, 0.4) is 0 Å². The predicted octanol–water partition coefficient (Wildman–Crippen LogP) is 3.28. The van der Waals surface area contributed by atoms with E-state index in [0.717, 1.165) is 33.4 Å². The molecule has 2 aromatic carbocycles. The molecule has 0 saturated carbocycles. The molecule has 0 spiro atoms. The van der Waals surface area contributed by atoms with Gasteiger partial charge in [0.05, 0.1) is 0 Å². The van der Waals surface area contributed by atoms with Crippen molar-refractivity contribution in [3.63, 3.8) is 0 Å². The lowest BCUT2D eigenvalue weighted by atomic mass is 9.96. The van der Waals surface area contributed by atoms with E-state index in [1.165, 1.54) is 0 Å². The molecule has 5 nitrogen and oxygen atoms in total. The monoisotopic (exact) mass is 262 g/mol. The minimum Gasteiger partial charge on any atom is -0.364 e. The fourth-order valence-electron chi connectivity index (χ4n) is 2.37. The third-order valence-corrected chi connectivity index (χ3v) is 3.27. The fourth-order valence-corrected chi connectivity index (χ4v) is 2.37. The Bertz CT molecular complexity index is 850. The molecule has 0 amide bonds. The Balaban J connectivity index is 2.08. The number of hydrogen-bond donors (Lipinski definition) is 1. The smallest absolute Gasteiger partial charge is 0.124 e. The first-order valence-corrected chi connectivity index (χ1v) is 6.23. The van der Waals surface area contributed by atoms with Gasteiger partial charge in [-0.25, -0.2) is 0 Å². The van der Waals surface area contributed by atoms with Crippen LogP contribution in [0, 0.1) is 0 Å². The molecule has 5 heteroatoms. The highest BCUT2D eigenvalue weighted by Gasteiger charge is 2.16. The van der Waals surface area contributed by atoms with Crippen LogP contribution >= 0.6 is 0 Å². The van der Waals surface area contributed by atoms with Gasteiger partial charge < -0.3 is 4.52 Å². The lowest BCUT2D eigenvalue weighted by Gasteiger charge is -2.07. The molecule has 4 aromatic rings. The highest BCUT2D eigenvalue weighted by atomic mass is 16.5. The van der Waals surface area contributed by atoms with E-state index in [0.29, 0.717) is 0 Å². The Morgan fingerprint density at radius 2 is 1.80 bits per heavy atom. The van der Waals surface area contributed by atoms with Gasteiger partial charge in [0, 0.05) is 11.6 Å². The number of fused-ring (bicyclic) bond motifs is 1. The first-order chi connectivity index (χ1) is 9.93. The summed E-state index contributed by atoms with van der Waals surface area (Å²) in [6.45, 7) is 0. The van der Waals surface area contributed by atoms with Gasteiger partial charge in [-0.15, -0.1) is 0 Å². The molecular formula is C15H10N4O. The van der Waals surface area contributed by atoms with Crippen LogP contribution in [0.15, 0.2) is 59.3 Å². The van der Waals surface area contributed by atoms with Gasteiger partial charge in [-0.05, 0) is 17.2 Å². The van der Waals surface area contributed by atoms with Crippen molar-refractivity contribution in [1.29, 1.82) is 0 Å². The molecule has 2 heterocycles. The standard InChI is InChI=1S/C15H10N4O/c1-2-4-10(5-3-1)11-6-7-13-15(17-19-16-13)14(11)12-8-9-20-18-12/h1-9H,(H,16,17,19). The maximum Gasteiger partial charge on any atom is 0.124 e. The summed E-state index contributed by atoms with van der Waals surface area (Å²) >= 11 is 0. The SMILES string of the molecule is c1ccc(-c2ccc3n[nH]nc3c2-c2ccon2)cc1. The third kappa shape index (κ3) is 1.60. The first-order valence-electron chi connectivity index (χ1n) is 6.23. The van der Waals surface area contributed by atoms with E-state index in [2.05, 4.69) is 32.7 Å². The van der Waals surface area contributed by atoms with Gasteiger partial charge in [0.1, 0.15) is 23.0 Å². The summed E-state index contributed by atoms with van der Waals surface area (Å²) in [5.41, 5.74) is 5.44. The molecule has 96 valence electrons. The number of rotatable bonds is 2. The molecule has 20 heavy (non-hydrogen) atoms. The molecule has 0 fully saturated rings. The highest BCUT2D eigenvalue weighted by molar-refractivity contribution is 5.99. The summed E-state index contributed by atoms with van der Waals surface area (Å²) in [6, 6.07) is 15.9. The van der Waals surface area contributed by atoms with Crippen LogP contribution in [-0.2, 0) is 0 Å². The van der Waals surface area contributed by atoms with Crippen molar-refractivity contribution in [1.82, 2.24) is 20.6 Å². The number of benzene rings is 2. The van der Waals surface area contributed by atoms with Crippen LogP contribution in [0.4, 0.5) is 0 Å². The number of nitrogens with zero attached hydrogens (tertiary/aromatic N) is 3. The topological polar surface area (TPSA) is 67.6 Å². The van der Waals surface area contributed by atoms with Crippen molar-refractivity contribution in [2.24, 2.45) is 0 Å². The number of nitrogens with one attached hydrogen (secondary N) is 1. The second kappa shape index (κ2) is 4.31. The van der Waals surface area contributed by atoms with Gasteiger partial charge in [0.2, 0.25) is 0 Å². The van der Waals surface area contributed by atoms with Crippen LogP contribution in [0.2, 0.25) is 0 Å². The second-order valence-electron chi connectivity index (χ2n) is 4.43. The van der Waals surface area contributed by atoms with Crippen LogP contribution in [-0.4, -0.2) is 20.6 Å². The summed E-state index contributed by atoms with van der Waals surface area (Å²) in [6.07, 6.45) is 1.56. The van der Waals surface area contributed by atoms with E-state index in [9.17, 15) is 0 Å². The van der Waals surface area contributed by atoms with Crippen molar-refractivity contribution in [2.75, 3.05) is 0 Å². The maximum atomic E-state index is 4.98. The Labute approximate surface area is 114 Å². The number of hydrogen-bond acceptors (Lipinski definition) is 4. The van der Waals surface area contributed by atoms with Crippen molar-refractivity contribution in [2.45, 2.75) is 0 Å². The van der Waals surface area contributed by atoms with Crippen LogP contribution in [0.25, 0.3) is 33.4 Å². The average molecular weight is 262 g/mol. The molecule has 0 aliphatic carbocycles. The molecule has 0 atom stereocenters. The minimum absolute atomic E-state index is 0.753. The zero-order valence-electron chi connectivity index (χ0n) is 10.4. The van der Waals surface area contributed by atoms with Gasteiger partial charge >= 0.3 is 0 Å². The summed E-state index contributed by atoms with van der Waals surface area (Å²) in [4.78, 5) is 0. The molecule has 4 rings (SSSR count). The highest BCUT2D eigenvalue weighted by Crippen LogP contribution is 2.35. The maximum absolute atomic E-state index is 4.98. The molecule has 0 unspecified atom stereocenters. The predicted molar refractivity (Wildman–Crippen MR) is 74.8 cm³/mol. The first kappa shape index (κ1) is 10.9. The summed E-state index contributed by atoms with van der Waals surface area (Å²) < 4.78 is 4.98. The van der Waals surface area contributed by atoms with Crippen molar-refractivity contribution in [3.8, 4) is 22.4 Å². The third-order valence-electron chi connectivity index (χ3n) is 3.27. The van der Waals surface area contributed by atoms with E-state index in [4.69, 9.17) is 4.52 Å². The fraction of sp³-hybridized carbons (Fsp3) is 0. The normalized spacial score (nSPS) is 11.0. The minimum atomic E-state index is 0.753. The van der Waals surface area contributed by atoms with Gasteiger partial charge in [-0.3, -0.25) is 0 Å². The summed E-state index contributed by atoms with van der Waals surface area (Å²) in [5.74, 6) is 0. The second-order valence-corrected chi connectivity index (χ2v) is 4.43. The van der Waals surface area contributed by atoms with Crippen LogP contribution in [0.1, 0.15) is 0 Å². The number of H-pyrrole nitrogens is 1. The molecule has 0 saturated heterocycles. The quantitative estimate of drug-likeness (QED) is 0.602. The van der Waals surface area contributed by atoms with E-state index in [1.807, 2.05) is 36.4 Å². The van der Waals surface area contributed by atoms with Crippen molar-refractivity contribution in [3.05, 3.63) is 54.8 Å². The van der Waals surface area contributed by atoms with E-state index in [-0.39, 0.29) is 0 Å². The molecule has 0 radical (unpaired) electrons. The Morgan fingerprint density at radius 3 is 2.60 bits per heavy atom. The largest absolute Gasteiger partial charge is 0.364 e. The summed E-state index contributed by atoms with van der Waals surface area (Å²) in [7, 11) is 0. The number of aromatic amines is 1. The molecule has 0 aliphatic heterocycles. The van der Waals surface area contributed by atoms with Crippen molar-refractivity contribution >= 4 is 11.0 Å². The summed E-state index contributed by atoms with van der Waals surface area (Å²) in [5, 5.41) is 15.1. The lowest BCUT2D eigenvalue weighted by Crippen LogP contribution is -1.87. The van der Waals surface area contributed by atoms with E-state index in [1.54, 1.807) is 6.26 Å². The van der Waals surface area contributed by atoms with Gasteiger partial charge in [0.25, 0.3) is 0 Å². The zero-order valence-corrected chi connectivity index (χ0v) is 10.4. The van der Waals surface area contributed by atoms with Gasteiger partial charge in [-0.2, -0.15) is 15.4 Å². The molecule has 0 aliphatic rings. The van der Waals surface area contributed by atoms with Crippen LogP contribution < -0.4 is 0 Å². The molecule has 1 N–H and O–H groups in total. The van der Waals surface area contributed by atoms with Gasteiger partial charge in [-0.1, -0.05) is 41.6 Å². The Hall–Kier alpha value is -2.95. The van der Waals surface area contributed by atoms with E-state index >= 15 is 0 Å². The molecular weight excluding hydrogens is 252 g/mol. The van der Waals surface area contributed by atoms with Crippen molar-refractivity contribution < 1.29 is 4.52 Å². The van der Waals surface area contributed by atoms with Crippen LogP contribution in [0.5, 0.6) is 0 Å². The lowest BCUT2D eigenvalue weighted by molar-refractivity contribution is 0.422. The van der Waals surface area contributed by atoms with Gasteiger partial charge in [0.15, 0.2) is 0 Å². The Kier molecular flexibility index (Phi) is 2.35. The Morgan fingerprint density at radius 1 is 0.900 bits per heavy atom. The molecule has 0 bridgehead atoms. The average Bonchev–Trinajstić information content (AvgIpc) is 3.18. The zero-order chi connectivity index (χ0) is 13.4.